The fourth-order valence-electron chi connectivity index (χ4n) is 1.68. The maximum atomic E-state index is 11.6. The van der Waals surface area contributed by atoms with E-state index in [1.165, 1.54) is 6.08 Å². The van der Waals surface area contributed by atoms with Gasteiger partial charge in [0.1, 0.15) is 0 Å². The molecule has 0 spiro atoms. The van der Waals surface area contributed by atoms with Gasteiger partial charge in [-0.05, 0) is 19.9 Å². The molecule has 1 amide bonds. The number of rotatable bonds is 3. The van der Waals surface area contributed by atoms with Crippen LogP contribution in [-0.4, -0.2) is 25.7 Å². The first-order valence-electron chi connectivity index (χ1n) is 5.56. The van der Waals surface area contributed by atoms with Crippen molar-refractivity contribution in [3.05, 3.63) is 35.4 Å². The van der Waals surface area contributed by atoms with E-state index in [0.717, 1.165) is 17.0 Å². The summed E-state index contributed by atoms with van der Waals surface area (Å²) in [5.74, 6) is 0.205. The first-order chi connectivity index (χ1) is 8.58. The second-order valence-corrected chi connectivity index (χ2v) is 3.97. The third-order valence-electron chi connectivity index (χ3n) is 2.71. The zero-order valence-electron chi connectivity index (χ0n) is 10.6. The first-order valence-corrected chi connectivity index (χ1v) is 5.56. The zero-order chi connectivity index (χ0) is 13.1. The smallest absolute Gasteiger partial charge is 0.250 e. The lowest BCUT2D eigenvalue weighted by atomic mass is 10.2. The van der Waals surface area contributed by atoms with E-state index in [1.54, 1.807) is 23.2 Å². The van der Waals surface area contributed by atoms with E-state index in [2.05, 4.69) is 20.4 Å². The van der Waals surface area contributed by atoms with Gasteiger partial charge in [-0.1, -0.05) is 0 Å². The first kappa shape index (κ1) is 12.1. The minimum Gasteiger partial charge on any atom is -0.331 e. The second-order valence-electron chi connectivity index (χ2n) is 3.97. The van der Waals surface area contributed by atoms with Crippen molar-refractivity contribution in [2.75, 3.05) is 5.32 Å². The molecule has 6 nitrogen and oxygen atoms in total. The average molecular weight is 245 g/mol. The van der Waals surface area contributed by atoms with Crippen molar-refractivity contribution in [3.63, 3.8) is 0 Å². The number of aryl methyl sites for hydroxylation is 2. The molecule has 2 aromatic rings. The number of carbonyl (C=O) groups excluding carboxylic acids is 1. The number of nitrogens with zero attached hydrogens (tertiary/aromatic N) is 3. The number of H-pyrrole nitrogens is 1. The van der Waals surface area contributed by atoms with Crippen LogP contribution in [0.4, 0.5) is 5.95 Å². The molecule has 94 valence electrons. The SMILES string of the molecule is Cc1nn(C)c(C)c1C=CC(=O)Nc1ncc[nH]1. The molecule has 2 heterocycles. The number of hydrogen-bond acceptors (Lipinski definition) is 3. The van der Waals surface area contributed by atoms with Crippen LogP contribution in [0.15, 0.2) is 18.5 Å². The highest BCUT2D eigenvalue weighted by atomic mass is 16.1. The van der Waals surface area contributed by atoms with Crippen LogP contribution in [0, 0.1) is 13.8 Å². The van der Waals surface area contributed by atoms with Gasteiger partial charge in [-0.25, -0.2) is 4.98 Å². The Morgan fingerprint density at radius 1 is 1.50 bits per heavy atom. The summed E-state index contributed by atoms with van der Waals surface area (Å²) < 4.78 is 1.79. The average Bonchev–Trinajstić information content (AvgIpc) is 2.88. The summed E-state index contributed by atoms with van der Waals surface area (Å²) in [6.07, 6.45) is 6.46. The van der Waals surface area contributed by atoms with Gasteiger partial charge in [0.15, 0.2) is 0 Å². The molecule has 0 saturated heterocycles. The summed E-state index contributed by atoms with van der Waals surface area (Å²) in [5.41, 5.74) is 2.89. The molecule has 18 heavy (non-hydrogen) atoms. The van der Waals surface area contributed by atoms with E-state index in [9.17, 15) is 4.79 Å². The van der Waals surface area contributed by atoms with E-state index in [0.29, 0.717) is 5.95 Å². The number of imidazole rings is 1. The lowest BCUT2D eigenvalue weighted by Gasteiger charge is -1.97. The van der Waals surface area contributed by atoms with Crippen LogP contribution in [0.1, 0.15) is 17.0 Å². The molecule has 0 aliphatic heterocycles. The summed E-state index contributed by atoms with van der Waals surface area (Å²) in [6, 6.07) is 0. The van der Waals surface area contributed by atoms with E-state index in [1.807, 2.05) is 20.9 Å². The molecule has 0 bridgehead atoms. The Balaban J connectivity index is 2.09. The number of hydrogen-bond donors (Lipinski definition) is 2. The summed E-state index contributed by atoms with van der Waals surface area (Å²) in [7, 11) is 1.88. The van der Waals surface area contributed by atoms with Crippen LogP contribution < -0.4 is 5.32 Å². The normalized spacial score (nSPS) is 11.1. The van der Waals surface area contributed by atoms with Gasteiger partial charge in [-0.3, -0.25) is 14.8 Å². The van der Waals surface area contributed by atoms with Crippen molar-refractivity contribution in [2.24, 2.45) is 7.05 Å². The van der Waals surface area contributed by atoms with E-state index in [-0.39, 0.29) is 5.91 Å². The van der Waals surface area contributed by atoms with Gasteiger partial charge < -0.3 is 4.98 Å². The molecular formula is C12H15N5O. The van der Waals surface area contributed by atoms with Crippen molar-refractivity contribution < 1.29 is 4.79 Å². The van der Waals surface area contributed by atoms with Crippen LogP contribution in [0.5, 0.6) is 0 Å². The molecule has 6 heteroatoms. The number of amides is 1. The van der Waals surface area contributed by atoms with Gasteiger partial charge in [-0.2, -0.15) is 5.10 Å². The molecule has 0 aromatic carbocycles. The van der Waals surface area contributed by atoms with Gasteiger partial charge in [0.05, 0.1) is 5.69 Å². The lowest BCUT2D eigenvalue weighted by Crippen LogP contribution is -2.08. The third-order valence-corrected chi connectivity index (χ3v) is 2.71. The van der Waals surface area contributed by atoms with Crippen molar-refractivity contribution in [2.45, 2.75) is 13.8 Å². The molecule has 2 rings (SSSR count). The van der Waals surface area contributed by atoms with E-state index < -0.39 is 0 Å². The standard InChI is InChI=1S/C12H15N5O/c1-8-10(9(2)17(3)16-8)4-5-11(18)15-12-13-6-7-14-12/h4-7H,1-3H3,(H2,13,14,15,18). The van der Waals surface area contributed by atoms with Crippen molar-refractivity contribution in [3.8, 4) is 0 Å². The topological polar surface area (TPSA) is 75.6 Å². The Kier molecular flexibility index (Phi) is 3.27. The van der Waals surface area contributed by atoms with Gasteiger partial charge in [0, 0.05) is 36.8 Å². The van der Waals surface area contributed by atoms with Crippen LogP contribution >= 0.6 is 0 Å². The molecular weight excluding hydrogens is 230 g/mol. The molecule has 0 saturated carbocycles. The molecule has 0 radical (unpaired) electrons. The quantitative estimate of drug-likeness (QED) is 0.803. The highest BCUT2D eigenvalue weighted by Crippen LogP contribution is 2.13. The Bertz CT molecular complexity index is 580. The van der Waals surface area contributed by atoms with Crippen molar-refractivity contribution in [1.29, 1.82) is 0 Å². The maximum absolute atomic E-state index is 11.6. The Morgan fingerprint density at radius 2 is 2.28 bits per heavy atom. The molecule has 0 aliphatic rings. The Labute approximate surface area is 105 Å². The van der Waals surface area contributed by atoms with Crippen molar-refractivity contribution in [1.82, 2.24) is 19.7 Å². The largest absolute Gasteiger partial charge is 0.331 e. The summed E-state index contributed by atoms with van der Waals surface area (Å²) >= 11 is 0. The lowest BCUT2D eigenvalue weighted by molar-refractivity contribution is -0.111. The molecule has 0 atom stereocenters. The predicted molar refractivity (Wildman–Crippen MR) is 68.9 cm³/mol. The number of nitrogens with one attached hydrogen (secondary N) is 2. The predicted octanol–water partition coefficient (Wildman–Crippen LogP) is 1.41. The minimum atomic E-state index is -0.229. The van der Waals surface area contributed by atoms with E-state index >= 15 is 0 Å². The van der Waals surface area contributed by atoms with Gasteiger partial charge in [0.2, 0.25) is 5.95 Å². The summed E-state index contributed by atoms with van der Waals surface area (Å²) in [5, 5.41) is 6.90. The van der Waals surface area contributed by atoms with Crippen LogP contribution in [0.3, 0.4) is 0 Å². The van der Waals surface area contributed by atoms with E-state index in [4.69, 9.17) is 0 Å². The highest BCUT2D eigenvalue weighted by Gasteiger charge is 2.06. The van der Waals surface area contributed by atoms with Crippen molar-refractivity contribution >= 4 is 17.9 Å². The Morgan fingerprint density at radius 3 is 2.83 bits per heavy atom. The fourth-order valence-corrected chi connectivity index (χ4v) is 1.68. The van der Waals surface area contributed by atoms with Gasteiger partial charge >= 0.3 is 0 Å². The van der Waals surface area contributed by atoms with Gasteiger partial charge in [0.25, 0.3) is 5.91 Å². The monoisotopic (exact) mass is 245 g/mol. The number of aromatic nitrogens is 4. The van der Waals surface area contributed by atoms with Crippen LogP contribution in [-0.2, 0) is 11.8 Å². The minimum absolute atomic E-state index is 0.229. The van der Waals surface area contributed by atoms with Gasteiger partial charge in [-0.15, -0.1) is 0 Å². The second kappa shape index (κ2) is 4.87. The number of aromatic amines is 1. The zero-order valence-corrected chi connectivity index (χ0v) is 10.6. The molecule has 2 aromatic heterocycles. The molecule has 2 N–H and O–H groups in total. The summed E-state index contributed by atoms with van der Waals surface area (Å²) in [4.78, 5) is 18.3. The number of anilines is 1. The Hall–Kier alpha value is -2.37. The van der Waals surface area contributed by atoms with Crippen LogP contribution in [0.2, 0.25) is 0 Å². The molecule has 0 unspecified atom stereocenters. The third kappa shape index (κ3) is 2.48. The maximum Gasteiger partial charge on any atom is 0.250 e. The molecule has 0 aliphatic carbocycles. The fraction of sp³-hybridized carbons (Fsp3) is 0.250. The number of carbonyl (C=O) groups is 1. The summed E-state index contributed by atoms with van der Waals surface area (Å²) in [6.45, 7) is 3.88. The highest BCUT2D eigenvalue weighted by molar-refractivity contribution is 6.01. The molecule has 0 fully saturated rings. The van der Waals surface area contributed by atoms with Crippen LogP contribution in [0.25, 0.3) is 6.08 Å².